The molecule has 0 amide bonds. The molecule has 0 atom stereocenters. The van der Waals surface area contributed by atoms with Crippen LogP contribution in [0.1, 0.15) is 5.56 Å². The van der Waals surface area contributed by atoms with Crippen LogP contribution < -0.4 is 11.3 Å². The highest BCUT2D eigenvalue weighted by Crippen LogP contribution is 2.27. The first kappa shape index (κ1) is 23.2. The third kappa shape index (κ3) is 4.07. The number of aromatic nitrogens is 5. The number of hydrogen-bond donors (Lipinski definition) is 1. The summed E-state index contributed by atoms with van der Waals surface area (Å²) >= 11 is 6.12. The van der Waals surface area contributed by atoms with Crippen molar-refractivity contribution in [2.75, 3.05) is 5.73 Å². The summed E-state index contributed by atoms with van der Waals surface area (Å²) < 4.78 is 3.24. The Labute approximate surface area is 221 Å². The average molecular weight is 516 g/mol. The third-order valence-electron chi connectivity index (χ3n) is 6.17. The van der Waals surface area contributed by atoms with Gasteiger partial charge in [-0.1, -0.05) is 41.9 Å². The van der Waals surface area contributed by atoms with Gasteiger partial charge in [-0.15, -0.1) is 0 Å². The molecule has 182 valence electrons. The van der Waals surface area contributed by atoms with Gasteiger partial charge in [-0.2, -0.15) is 5.26 Å². The molecule has 0 saturated carbocycles. The summed E-state index contributed by atoms with van der Waals surface area (Å²) in [6.45, 7) is 0. The number of imidazole rings is 1. The lowest BCUT2D eigenvalue weighted by Crippen LogP contribution is -2.22. The number of nitriles is 1. The number of pyridine rings is 1. The quantitative estimate of drug-likeness (QED) is 0.335. The first-order valence-electron chi connectivity index (χ1n) is 11.6. The average Bonchev–Trinajstić information content (AvgIpc) is 3.39. The number of benzene rings is 3. The van der Waals surface area contributed by atoms with Crippen molar-refractivity contribution in [1.29, 1.82) is 5.26 Å². The second-order valence-electron chi connectivity index (χ2n) is 8.55. The van der Waals surface area contributed by atoms with Crippen LogP contribution in [0.25, 0.3) is 45.1 Å². The number of anilines is 1. The molecule has 2 N–H and O–H groups in total. The smallest absolute Gasteiger partial charge is 0.286 e. The Hall–Kier alpha value is -5.26. The third-order valence-corrected chi connectivity index (χ3v) is 6.42. The van der Waals surface area contributed by atoms with Gasteiger partial charge in [0.2, 0.25) is 0 Å². The fourth-order valence-electron chi connectivity index (χ4n) is 4.28. The monoisotopic (exact) mass is 515 g/mol. The lowest BCUT2D eigenvalue weighted by molar-refractivity contribution is 0.962. The first-order chi connectivity index (χ1) is 18.5. The summed E-state index contributed by atoms with van der Waals surface area (Å²) in [5.41, 5.74) is 10.4. The molecular formula is C29H18ClN7O. The zero-order valence-electron chi connectivity index (χ0n) is 19.8. The molecule has 8 nitrogen and oxygen atoms in total. The predicted octanol–water partition coefficient (Wildman–Crippen LogP) is 5.41. The van der Waals surface area contributed by atoms with Crippen LogP contribution in [-0.2, 0) is 0 Å². The molecular weight excluding hydrogens is 498 g/mol. The van der Waals surface area contributed by atoms with Crippen molar-refractivity contribution in [2.45, 2.75) is 0 Å². The highest BCUT2D eigenvalue weighted by molar-refractivity contribution is 6.30. The molecule has 3 heterocycles. The minimum atomic E-state index is -0.325. The summed E-state index contributed by atoms with van der Waals surface area (Å²) in [5, 5.41) is 9.90. The van der Waals surface area contributed by atoms with Crippen molar-refractivity contribution in [3.8, 4) is 40.0 Å². The lowest BCUT2D eigenvalue weighted by atomic mass is 10.1. The molecule has 0 bridgehead atoms. The van der Waals surface area contributed by atoms with Crippen LogP contribution in [0, 0.1) is 11.3 Å². The van der Waals surface area contributed by atoms with Crippen molar-refractivity contribution in [2.24, 2.45) is 0 Å². The second kappa shape index (κ2) is 9.32. The summed E-state index contributed by atoms with van der Waals surface area (Å²) in [5.74, 6) is 0.886. The van der Waals surface area contributed by atoms with E-state index in [1.54, 1.807) is 65.6 Å². The second-order valence-corrected chi connectivity index (χ2v) is 8.99. The van der Waals surface area contributed by atoms with E-state index >= 15 is 0 Å². The number of halogens is 1. The Morgan fingerprint density at radius 1 is 0.842 bits per heavy atom. The maximum absolute atomic E-state index is 13.8. The fourth-order valence-corrected chi connectivity index (χ4v) is 4.40. The van der Waals surface area contributed by atoms with E-state index in [9.17, 15) is 10.1 Å². The van der Waals surface area contributed by atoms with E-state index in [2.05, 4.69) is 16.0 Å². The Bertz CT molecular complexity index is 1900. The molecule has 0 aliphatic rings. The highest BCUT2D eigenvalue weighted by Gasteiger charge is 2.19. The number of nitrogens with two attached hydrogens (primary N) is 1. The maximum atomic E-state index is 13.8. The van der Waals surface area contributed by atoms with Gasteiger partial charge in [0.1, 0.15) is 18.0 Å². The fraction of sp³-hybridized carbons (Fsp3) is 0. The molecule has 3 aromatic carbocycles. The summed E-state index contributed by atoms with van der Waals surface area (Å²) in [4.78, 5) is 27.3. The van der Waals surface area contributed by atoms with Gasteiger partial charge in [0.15, 0.2) is 11.2 Å². The van der Waals surface area contributed by atoms with E-state index in [1.165, 1.54) is 4.57 Å². The van der Waals surface area contributed by atoms with Crippen LogP contribution >= 0.6 is 11.6 Å². The van der Waals surface area contributed by atoms with Crippen molar-refractivity contribution in [3.05, 3.63) is 118 Å². The largest absolute Gasteiger partial charge is 0.384 e. The molecule has 3 aromatic heterocycles. The lowest BCUT2D eigenvalue weighted by Gasteiger charge is -2.14. The first-order valence-corrected chi connectivity index (χ1v) is 12.0. The maximum Gasteiger partial charge on any atom is 0.286 e. The van der Waals surface area contributed by atoms with Gasteiger partial charge in [-0.3, -0.25) is 13.9 Å². The minimum Gasteiger partial charge on any atom is -0.384 e. The van der Waals surface area contributed by atoms with E-state index in [-0.39, 0.29) is 11.1 Å². The molecule has 38 heavy (non-hydrogen) atoms. The Morgan fingerprint density at radius 2 is 1.58 bits per heavy atom. The molecule has 0 fully saturated rings. The minimum absolute atomic E-state index is 0.204. The molecule has 9 heteroatoms. The van der Waals surface area contributed by atoms with E-state index < -0.39 is 0 Å². The summed E-state index contributed by atoms with van der Waals surface area (Å²) in [7, 11) is 0. The van der Waals surface area contributed by atoms with Crippen LogP contribution in [0.15, 0.2) is 102 Å². The van der Waals surface area contributed by atoms with Crippen molar-refractivity contribution in [1.82, 2.24) is 24.1 Å². The van der Waals surface area contributed by atoms with E-state index in [4.69, 9.17) is 22.3 Å². The molecule has 6 aromatic rings. The van der Waals surface area contributed by atoms with Gasteiger partial charge in [-0.25, -0.2) is 15.0 Å². The molecule has 0 aliphatic carbocycles. The van der Waals surface area contributed by atoms with E-state index in [0.29, 0.717) is 39.3 Å². The topological polar surface area (TPSA) is 115 Å². The predicted molar refractivity (Wildman–Crippen MR) is 147 cm³/mol. The molecule has 0 spiro atoms. The number of hydrogen-bond acceptors (Lipinski definition) is 6. The van der Waals surface area contributed by atoms with Gasteiger partial charge in [0.05, 0.1) is 17.3 Å². The van der Waals surface area contributed by atoms with Gasteiger partial charge >= 0.3 is 0 Å². The number of nitrogens with zero attached hydrogens (tertiary/aromatic N) is 6. The zero-order chi connectivity index (χ0) is 26.2. The normalized spacial score (nSPS) is 10.9. The standard InChI is InChI=1S/C29H18ClN7O/c30-22-9-11-23(12-10-22)37-27(20-6-4-19(5-7-20)21-8-13-25(32)33-16-21)35-28-26(29(37)38)34-17-36(28)24-3-1-2-18(14-24)15-31/h1-14,16-17H,(H2,32,33). The SMILES string of the molecule is N#Cc1cccc(-n2cnc3c(=O)n(-c4ccc(Cl)cc4)c(-c4ccc(-c5ccc(N)nc5)cc4)nc32)c1. The van der Waals surface area contributed by atoms with Crippen LogP contribution in [0.2, 0.25) is 5.02 Å². The van der Waals surface area contributed by atoms with E-state index in [0.717, 1.165) is 16.7 Å². The van der Waals surface area contributed by atoms with Crippen molar-refractivity contribution in [3.63, 3.8) is 0 Å². The van der Waals surface area contributed by atoms with E-state index in [1.807, 2.05) is 36.4 Å². The Balaban J connectivity index is 1.57. The van der Waals surface area contributed by atoms with Crippen LogP contribution in [0.3, 0.4) is 0 Å². The number of nitrogen functional groups attached to an aromatic ring is 1. The van der Waals surface area contributed by atoms with Gasteiger partial charge in [0.25, 0.3) is 5.56 Å². The summed E-state index contributed by atoms with van der Waals surface area (Å²) in [6.07, 6.45) is 3.26. The van der Waals surface area contributed by atoms with Crippen LogP contribution in [0.4, 0.5) is 5.82 Å². The summed E-state index contributed by atoms with van der Waals surface area (Å²) in [6, 6.07) is 27.5. The van der Waals surface area contributed by atoms with Crippen LogP contribution in [-0.4, -0.2) is 24.1 Å². The van der Waals surface area contributed by atoms with Crippen LogP contribution in [0.5, 0.6) is 0 Å². The molecule has 0 aliphatic heterocycles. The zero-order valence-corrected chi connectivity index (χ0v) is 20.5. The molecule has 0 unspecified atom stereocenters. The Kier molecular flexibility index (Phi) is 5.68. The number of rotatable bonds is 4. The van der Waals surface area contributed by atoms with Crippen molar-refractivity contribution < 1.29 is 0 Å². The molecule has 0 saturated heterocycles. The molecule has 6 rings (SSSR count). The van der Waals surface area contributed by atoms with Gasteiger partial charge in [-0.05, 0) is 60.2 Å². The highest BCUT2D eigenvalue weighted by atomic mass is 35.5. The van der Waals surface area contributed by atoms with Gasteiger partial charge < -0.3 is 5.73 Å². The molecule has 0 radical (unpaired) electrons. The number of fused-ring (bicyclic) bond motifs is 1. The Morgan fingerprint density at radius 3 is 2.29 bits per heavy atom. The van der Waals surface area contributed by atoms with Gasteiger partial charge in [0, 0.05) is 28.0 Å². The van der Waals surface area contributed by atoms with Crippen molar-refractivity contribution >= 4 is 28.6 Å².